The van der Waals surface area contributed by atoms with Gasteiger partial charge >= 0.3 is 17.9 Å². The number of carboxylic acids is 2. The molecule has 0 saturated heterocycles. The molecule has 2 aromatic rings. The summed E-state index contributed by atoms with van der Waals surface area (Å²) in [5.74, 6) is -3.63. The summed E-state index contributed by atoms with van der Waals surface area (Å²) in [5.41, 5.74) is 5.92. The van der Waals surface area contributed by atoms with E-state index in [1.54, 1.807) is 43.3 Å². The lowest BCUT2D eigenvalue weighted by molar-refractivity contribution is -0.146. The van der Waals surface area contributed by atoms with E-state index >= 15 is 0 Å². The van der Waals surface area contributed by atoms with Crippen molar-refractivity contribution >= 4 is 41.0 Å². The van der Waals surface area contributed by atoms with Crippen LogP contribution in [0.2, 0.25) is 0 Å². The lowest BCUT2D eigenvalue weighted by atomic mass is 10.0. The molecule has 202 valence electrons. The van der Waals surface area contributed by atoms with Crippen molar-refractivity contribution in [2.75, 3.05) is 19.7 Å². The molecule has 0 aliphatic heterocycles. The van der Waals surface area contributed by atoms with Crippen LogP contribution < -0.4 is 10.5 Å². The number of carbonyl (C=O) groups is 4. The molecule has 6 N–H and O–H groups in total. The molecule has 13 heteroatoms. The van der Waals surface area contributed by atoms with Crippen LogP contribution in [0.3, 0.4) is 0 Å². The maximum absolute atomic E-state index is 12.6. The van der Waals surface area contributed by atoms with E-state index in [4.69, 9.17) is 31.2 Å². The molecule has 0 aliphatic carbocycles. The standard InChI is InChI=1S/C21H25N3O6S.C3H5FO2/c1-13(20(28)24(9-2-10-25)12-18(26)27)11-16-7-8-17(31-16)21(29)30-15-5-3-14(4-6-15)19(22)23;1-2(4)3(5)6/h3-8,13,25H,2,9-12H2,1H3,(H3,22,23)(H,26,27);2H,1H3,(H,5,6). The number of amides is 1. The fraction of sp³-hybridized carbons (Fsp3) is 0.375. The molecule has 0 radical (unpaired) electrons. The Morgan fingerprint density at radius 2 is 1.70 bits per heavy atom. The minimum atomic E-state index is -1.73. The van der Waals surface area contributed by atoms with E-state index in [-0.39, 0.29) is 24.9 Å². The molecule has 1 aromatic carbocycles. The number of carbonyl (C=O) groups excluding carboxylic acids is 2. The first-order valence-electron chi connectivity index (χ1n) is 11.1. The predicted molar refractivity (Wildman–Crippen MR) is 134 cm³/mol. The second-order valence-electron chi connectivity index (χ2n) is 7.88. The van der Waals surface area contributed by atoms with Crippen molar-refractivity contribution in [1.29, 1.82) is 5.41 Å². The van der Waals surface area contributed by atoms with Crippen LogP contribution in [-0.2, 0) is 20.8 Å². The Bertz CT molecular complexity index is 1090. The molecule has 0 aliphatic rings. The number of carboxylic acid groups (broad SMARTS) is 2. The van der Waals surface area contributed by atoms with Gasteiger partial charge in [-0.15, -0.1) is 11.3 Å². The van der Waals surface area contributed by atoms with Crippen LogP contribution in [0.1, 0.15) is 40.4 Å². The van der Waals surface area contributed by atoms with Crippen molar-refractivity contribution < 1.29 is 43.6 Å². The first-order valence-corrected chi connectivity index (χ1v) is 11.9. The zero-order chi connectivity index (χ0) is 28.1. The van der Waals surface area contributed by atoms with Crippen molar-refractivity contribution in [3.05, 3.63) is 51.7 Å². The average molecular weight is 540 g/mol. The fourth-order valence-electron chi connectivity index (χ4n) is 2.85. The zero-order valence-electron chi connectivity index (χ0n) is 20.3. The summed E-state index contributed by atoms with van der Waals surface area (Å²) in [4.78, 5) is 47.7. The van der Waals surface area contributed by atoms with Gasteiger partial charge < -0.3 is 30.7 Å². The lowest BCUT2D eigenvalue weighted by Gasteiger charge is -2.23. The van der Waals surface area contributed by atoms with E-state index in [1.807, 2.05) is 0 Å². The summed E-state index contributed by atoms with van der Waals surface area (Å²) >= 11 is 1.20. The van der Waals surface area contributed by atoms with Gasteiger partial charge in [-0.25, -0.2) is 14.0 Å². The fourth-order valence-corrected chi connectivity index (χ4v) is 3.86. The summed E-state index contributed by atoms with van der Waals surface area (Å²) < 4.78 is 16.5. The van der Waals surface area contributed by atoms with E-state index in [0.29, 0.717) is 29.0 Å². The molecule has 0 spiro atoms. The summed E-state index contributed by atoms with van der Waals surface area (Å²) in [5, 5.41) is 33.0. The zero-order valence-corrected chi connectivity index (χ0v) is 21.2. The Morgan fingerprint density at radius 3 is 2.19 bits per heavy atom. The minimum absolute atomic E-state index is 0.0808. The van der Waals surface area contributed by atoms with Crippen molar-refractivity contribution in [3.63, 3.8) is 0 Å². The lowest BCUT2D eigenvalue weighted by Crippen LogP contribution is -2.40. The Labute approximate surface area is 216 Å². The van der Waals surface area contributed by atoms with Gasteiger partial charge in [-0.3, -0.25) is 15.0 Å². The minimum Gasteiger partial charge on any atom is -0.480 e. The number of hydrogen-bond acceptors (Lipinski definition) is 8. The number of alkyl halides is 1. The predicted octanol–water partition coefficient (Wildman–Crippen LogP) is 2.15. The normalized spacial score (nSPS) is 11.9. The number of nitrogens with one attached hydrogen (secondary N) is 1. The van der Waals surface area contributed by atoms with Gasteiger partial charge in [-0.2, -0.15) is 0 Å². The van der Waals surface area contributed by atoms with Gasteiger partial charge in [0, 0.05) is 29.5 Å². The molecule has 37 heavy (non-hydrogen) atoms. The van der Waals surface area contributed by atoms with Crippen LogP contribution in [0.4, 0.5) is 4.39 Å². The highest BCUT2D eigenvalue weighted by molar-refractivity contribution is 7.13. The van der Waals surface area contributed by atoms with Gasteiger partial charge in [0.1, 0.15) is 23.0 Å². The van der Waals surface area contributed by atoms with E-state index in [9.17, 15) is 23.6 Å². The largest absolute Gasteiger partial charge is 0.480 e. The van der Waals surface area contributed by atoms with Crippen LogP contribution in [0, 0.1) is 11.3 Å². The van der Waals surface area contributed by atoms with E-state index in [1.165, 1.54) is 16.2 Å². The summed E-state index contributed by atoms with van der Waals surface area (Å²) in [7, 11) is 0. The number of rotatable bonds is 12. The average Bonchev–Trinajstić information content (AvgIpc) is 3.30. The summed E-state index contributed by atoms with van der Waals surface area (Å²) in [6, 6.07) is 9.61. The molecule has 0 fully saturated rings. The Hall–Kier alpha value is -3.84. The number of aliphatic carboxylic acids is 2. The molecule has 1 amide bonds. The first-order chi connectivity index (χ1) is 17.3. The van der Waals surface area contributed by atoms with E-state index in [2.05, 4.69) is 0 Å². The van der Waals surface area contributed by atoms with E-state index < -0.39 is 36.5 Å². The van der Waals surface area contributed by atoms with Crippen LogP contribution in [-0.4, -0.2) is 75.7 Å². The van der Waals surface area contributed by atoms with Gasteiger partial charge in [0.25, 0.3) is 0 Å². The highest BCUT2D eigenvalue weighted by Crippen LogP contribution is 2.23. The van der Waals surface area contributed by atoms with Gasteiger partial charge in [0.05, 0.1) is 0 Å². The topological polar surface area (TPSA) is 191 Å². The number of aliphatic hydroxyl groups excluding tert-OH is 1. The van der Waals surface area contributed by atoms with Crippen LogP contribution >= 0.6 is 11.3 Å². The quantitative estimate of drug-likeness (QED) is 0.116. The van der Waals surface area contributed by atoms with Crippen LogP contribution in [0.15, 0.2) is 36.4 Å². The number of thiophene rings is 1. The van der Waals surface area contributed by atoms with Gasteiger partial charge in [-0.05, 0) is 56.2 Å². The summed E-state index contributed by atoms with van der Waals surface area (Å²) in [6.07, 6.45) is -1.09. The molecule has 2 unspecified atom stereocenters. The number of esters is 1. The maximum Gasteiger partial charge on any atom is 0.353 e. The molecular weight excluding hydrogens is 509 g/mol. The number of nitrogens with two attached hydrogens (primary N) is 1. The van der Waals surface area contributed by atoms with Crippen molar-refractivity contribution in [2.24, 2.45) is 11.7 Å². The molecule has 2 atom stereocenters. The molecule has 1 heterocycles. The van der Waals surface area contributed by atoms with Crippen LogP contribution in [0.25, 0.3) is 0 Å². The molecule has 0 saturated carbocycles. The second kappa shape index (κ2) is 15.3. The molecule has 2 rings (SSSR count). The number of nitrogen functional groups attached to an aromatic ring is 1. The number of hydrogen-bond donors (Lipinski definition) is 5. The van der Waals surface area contributed by atoms with Gasteiger partial charge in [0.2, 0.25) is 5.91 Å². The third-order valence-corrected chi connectivity index (χ3v) is 5.82. The van der Waals surface area contributed by atoms with Gasteiger partial charge in [0.15, 0.2) is 6.17 Å². The first kappa shape index (κ1) is 31.2. The third-order valence-electron chi connectivity index (χ3n) is 4.73. The third kappa shape index (κ3) is 11.2. The SMILES string of the molecule is CC(Cc1ccc(C(=O)Oc2ccc(C(=N)N)cc2)s1)C(=O)N(CCCO)CC(=O)O.CC(F)C(=O)O. The second-order valence-corrected chi connectivity index (χ2v) is 9.05. The van der Waals surface area contributed by atoms with Crippen LogP contribution in [0.5, 0.6) is 5.75 Å². The number of ether oxygens (including phenoxy) is 1. The maximum atomic E-state index is 12.6. The Kier molecular flexibility index (Phi) is 12.9. The number of nitrogens with zero attached hydrogens (tertiary/aromatic N) is 1. The van der Waals surface area contributed by atoms with E-state index in [0.717, 1.165) is 11.8 Å². The number of aliphatic hydroxyl groups is 1. The molecule has 1 aromatic heterocycles. The monoisotopic (exact) mass is 539 g/mol. The molecule has 0 bridgehead atoms. The van der Waals surface area contributed by atoms with Gasteiger partial charge in [-0.1, -0.05) is 6.92 Å². The number of halogens is 1. The highest BCUT2D eigenvalue weighted by Gasteiger charge is 2.23. The molecular formula is C24H30FN3O8S. The Balaban J connectivity index is 0.00000102. The number of amidine groups is 1. The Morgan fingerprint density at radius 1 is 1.11 bits per heavy atom. The highest BCUT2D eigenvalue weighted by atomic mass is 32.1. The smallest absolute Gasteiger partial charge is 0.353 e. The summed E-state index contributed by atoms with van der Waals surface area (Å²) in [6.45, 7) is 2.28. The molecule has 11 nitrogen and oxygen atoms in total. The van der Waals surface area contributed by atoms with Crippen molar-refractivity contribution in [3.8, 4) is 5.75 Å². The van der Waals surface area contributed by atoms with Crippen molar-refractivity contribution in [1.82, 2.24) is 4.90 Å². The number of benzene rings is 1. The van der Waals surface area contributed by atoms with Crippen molar-refractivity contribution in [2.45, 2.75) is 32.9 Å².